The first kappa shape index (κ1) is 55.3. The highest BCUT2D eigenvalue weighted by atomic mass is 19.1. The zero-order valence-corrected chi connectivity index (χ0v) is 47.0. The molecule has 0 radical (unpaired) electrons. The van der Waals surface area contributed by atoms with Gasteiger partial charge in [0.2, 0.25) is 0 Å². The number of H-pyrrole nitrogens is 3. The summed E-state index contributed by atoms with van der Waals surface area (Å²) in [6.07, 6.45) is 10.5. The van der Waals surface area contributed by atoms with E-state index in [1.165, 1.54) is 24.6 Å². The second kappa shape index (κ2) is 23.1. The number of nitrogens with two attached hydrogens (primary N) is 2. The number of halogens is 3. The van der Waals surface area contributed by atoms with Crippen molar-refractivity contribution in [1.29, 1.82) is 0 Å². The van der Waals surface area contributed by atoms with Crippen LogP contribution in [0.25, 0.3) is 67.3 Å². The Hall–Kier alpha value is -7.62. The molecule has 0 amide bonds. The molecule has 0 aromatic carbocycles. The quantitative estimate of drug-likeness (QED) is 0.0830. The molecule has 0 saturated carbocycles. The number of rotatable bonds is 8. The van der Waals surface area contributed by atoms with Gasteiger partial charge in [-0.15, -0.1) is 0 Å². The maximum Gasteiger partial charge on any atom is 0.181 e. The zero-order chi connectivity index (χ0) is 56.6. The van der Waals surface area contributed by atoms with E-state index in [4.69, 9.17) is 11.5 Å². The Morgan fingerprint density at radius 3 is 1.27 bits per heavy atom. The Balaban J connectivity index is 0.000000230. The average molecular weight is 1120 g/mol. The summed E-state index contributed by atoms with van der Waals surface area (Å²) in [7, 11) is 0. The summed E-state index contributed by atoms with van der Waals surface area (Å²) in [6.45, 7) is 20.7. The fraction of sp³-hybridized carbons (Fsp3) is 0.450. The first-order valence-corrected chi connectivity index (χ1v) is 28.3. The van der Waals surface area contributed by atoms with Crippen molar-refractivity contribution in [1.82, 2.24) is 65.8 Å². The Labute approximate surface area is 478 Å². The van der Waals surface area contributed by atoms with E-state index in [1.807, 2.05) is 36.4 Å². The van der Waals surface area contributed by atoms with E-state index in [0.717, 1.165) is 112 Å². The summed E-state index contributed by atoms with van der Waals surface area (Å²) in [5.74, 6) is 3.41. The molecule has 13 heterocycles. The molecule has 9 aromatic rings. The van der Waals surface area contributed by atoms with E-state index in [2.05, 4.69) is 122 Å². The molecule has 436 valence electrons. The van der Waals surface area contributed by atoms with Crippen molar-refractivity contribution in [2.75, 3.05) is 67.1 Å². The molecule has 18 nitrogen and oxygen atoms in total. The zero-order valence-electron chi connectivity index (χ0n) is 47.0. The normalized spacial score (nSPS) is 20.4. The van der Waals surface area contributed by atoms with Crippen LogP contribution in [0.5, 0.6) is 0 Å². The van der Waals surface area contributed by atoms with Crippen molar-refractivity contribution in [3.05, 3.63) is 109 Å². The smallest absolute Gasteiger partial charge is 0.181 e. The van der Waals surface area contributed by atoms with Gasteiger partial charge in [0.1, 0.15) is 34.5 Å². The molecule has 0 aliphatic carbocycles. The maximum atomic E-state index is 14.6. The van der Waals surface area contributed by atoms with E-state index in [9.17, 15) is 13.2 Å². The number of aromatic nitrogens is 12. The summed E-state index contributed by atoms with van der Waals surface area (Å²) >= 11 is 0. The van der Waals surface area contributed by atoms with Crippen LogP contribution in [-0.2, 0) is 0 Å². The summed E-state index contributed by atoms with van der Waals surface area (Å²) < 4.78 is 43.7. The molecular formula is C60H85F3N18. The number of nitrogens with one attached hydrogen (secondary N) is 4. The van der Waals surface area contributed by atoms with Crippen molar-refractivity contribution < 1.29 is 21.7 Å². The third kappa shape index (κ3) is 11.8. The Bertz CT molecular complexity index is 3480. The van der Waals surface area contributed by atoms with Crippen LogP contribution in [0.1, 0.15) is 82.2 Å². The third-order valence-electron chi connectivity index (χ3n) is 16.8. The second-order valence-electron chi connectivity index (χ2n) is 24.3. The topological polar surface area (TPSA) is 237 Å². The van der Waals surface area contributed by atoms with Crippen molar-refractivity contribution in [3.8, 4) is 34.2 Å². The lowest BCUT2D eigenvalue weighted by Gasteiger charge is -2.41. The molecule has 6 atom stereocenters. The fourth-order valence-corrected chi connectivity index (χ4v) is 12.1. The van der Waals surface area contributed by atoms with Crippen LogP contribution in [0, 0.1) is 52.0 Å². The minimum Gasteiger partial charge on any atom is -0.356 e. The Morgan fingerprint density at radius 1 is 0.506 bits per heavy atom. The molecule has 4 aliphatic rings. The lowest BCUT2D eigenvalue weighted by molar-refractivity contribution is 0.214. The number of fused-ring (bicyclic) bond motifs is 4. The monoisotopic (exact) mass is 1110 g/mol. The lowest BCUT2D eigenvalue weighted by Crippen LogP contribution is -2.49. The van der Waals surface area contributed by atoms with Gasteiger partial charge < -0.3 is 31.5 Å². The second-order valence-corrected chi connectivity index (χ2v) is 24.3. The van der Waals surface area contributed by atoms with Crippen molar-refractivity contribution >= 4 is 50.6 Å². The van der Waals surface area contributed by atoms with E-state index in [0.29, 0.717) is 63.4 Å². The molecule has 4 aliphatic heterocycles. The van der Waals surface area contributed by atoms with Gasteiger partial charge in [0, 0.05) is 94.7 Å². The van der Waals surface area contributed by atoms with Crippen LogP contribution in [0.3, 0.4) is 0 Å². The molecule has 21 heteroatoms. The van der Waals surface area contributed by atoms with Gasteiger partial charge in [-0.1, -0.05) is 41.5 Å². The van der Waals surface area contributed by atoms with Crippen molar-refractivity contribution in [2.45, 2.75) is 85.7 Å². The van der Waals surface area contributed by atoms with Crippen LogP contribution in [0.2, 0.25) is 0 Å². The van der Waals surface area contributed by atoms with Crippen LogP contribution in [0.15, 0.2) is 91.4 Å². The van der Waals surface area contributed by atoms with Crippen molar-refractivity contribution in [2.24, 2.45) is 46.0 Å². The Morgan fingerprint density at radius 2 is 0.889 bits per heavy atom. The van der Waals surface area contributed by atoms with Gasteiger partial charge in [-0.05, 0) is 152 Å². The van der Waals surface area contributed by atoms with E-state index >= 15 is 0 Å². The van der Waals surface area contributed by atoms with E-state index in [1.54, 1.807) is 36.8 Å². The van der Waals surface area contributed by atoms with E-state index in [-0.39, 0.29) is 60.3 Å². The van der Waals surface area contributed by atoms with Crippen LogP contribution >= 0.6 is 0 Å². The molecule has 4 fully saturated rings. The first-order valence-electron chi connectivity index (χ1n) is 28.3. The van der Waals surface area contributed by atoms with Crippen molar-refractivity contribution in [3.63, 3.8) is 0 Å². The standard InChI is InChI=1S/2C21H27FN6.C18H19FN6.6H2/c2*1-21(2,3)19(23)13-6-5-11-28(12-13)16-9-8-15(22)18(25-16)17-14-7-4-10-24-20(14)27-26-17;19-14-3-4-15(25-9-11-5-7-20-8-12(11)10-25)22-17(14)16-13-2-1-6-21-18(13)24-23-16;;;;;;/h2*4,7-10,13,19H,5-6,11-12,23H2,1-3H3,(H,24,26,27);1-4,6,11-12,20H,5,7-10H2,(H,21,23,24);6*1H. The summed E-state index contributed by atoms with van der Waals surface area (Å²) in [5, 5.41) is 26.9. The number of hydrogen-bond acceptors (Lipinski definition) is 15. The highest BCUT2D eigenvalue weighted by Crippen LogP contribution is 2.37. The van der Waals surface area contributed by atoms with Crippen LogP contribution in [0.4, 0.5) is 30.6 Å². The molecule has 8 N–H and O–H groups in total. The van der Waals surface area contributed by atoms with Gasteiger partial charge in [0.25, 0.3) is 0 Å². The molecule has 0 spiro atoms. The van der Waals surface area contributed by atoms with Gasteiger partial charge >= 0.3 is 0 Å². The summed E-state index contributed by atoms with van der Waals surface area (Å²) in [4.78, 5) is 33.3. The number of hydrogen-bond donors (Lipinski definition) is 6. The van der Waals surface area contributed by atoms with Gasteiger partial charge in [-0.3, -0.25) is 15.3 Å². The lowest BCUT2D eigenvalue weighted by atomic mass is 9.76. The fourth-order valence-electron chi connectivity index (χ4n) is 12.1. The van der Waals surface area contributed by atoms with Gasteiger partial charge in [0.15, 0.2) is 34.4 Å². The summed E-state index contributed by atoms with van der Waals surface area (Å²) in [6, 6.07) is 21.0. The van der Waals surface area contributed by atoms with Gasteiger partial charge in [-0.2, -0.15) is 15.3 Å². The molecule has 4 saturated heterocycles. The molecule has 0 bridgehead atoms. The number of pyridine rings is 6. The minimum atomic E-state index is -0.377. The minimum absolute atomic E-state index is 0. The highest BCUT2D eigenvalue weighted by molar-refractivity contribution is 5.91. The molecular weight excluding hydrogens is 1030 g/mol. The number of piperidine rings is 3. The third-order valence-corrected chi connectivity index (χ3v) is 16.8. The molecule has 9 aromatic heterocycles. The summed E-state index contributed by atoms with van der Waals surface area (Å²) in [5.41, 5.74) is 17.4. The predicted octanol–water partition coefficient (Wildman–Crippen LogP) is 11.2. The van der Waals surface area contributed by atoms with Crippen LogP contribution in [-0.4, -0.2) is 125 Å². The number of anilines is 3. The predicted molar refractivity (Wildman–Crippen MR) is 325 cm³/mol. The number of nitrogens with zero attached hydrogens (tertiary/aromatic N) is 12. The molecule has 6 unspecified atom stereocenters. The van der Waals surface area contributed by atoms with Gasteiger partial charge in [-0.25, -0.2) is 43.1 Å². The van der Waals surface area contributed by atoms with E-state index < -0.39 is 0 Å². The average Bonchev–Trinajstić information content (AvgIpc) is 2.10. The molecule has 13 rings (SSSR count). The molecule has 81 heavy (non-hydrogen) atoms. The first-order chi connectivity index (χ1) is 39.0. The maximum absolute atomic E-state index is 14.6. The number of aromatic amines is 3. The SMILES string of the molecule is CC(C)(C)C(N)C1CCCN(c2ccc(F)c(-c3[nH]nc4ncccc34)n2)C1.CC(C)(C)C(N)C1CCCN(c2ccc(F)c(-c3[nH]nc4ncccc34)n2)C1.Fc1ccc(N2CC3CCNCC3C2)nc1-c1[nH]nc2ncccc12.[HH].[HH].[HH].[HH].[HH].[HH]. The highest BCUT2D eigenvalue weighted by Gasteiger charge is 2.37. The van der Waals surface area contributed by atoms with Crippen LogP contribution < -0.4 is 31.5 Å². The van der Waals surface area contributed by atoms with Gasteiger partial charge in [0.05, 0.1) is 17.1 Å². The Kier molecular flexibility index (Phi) is 15.8. The largest absolute Gasteiger partial charge is 0.356 e.